The summed E-state index contributed by atoms with van der Waals surface area (Å²) >= 11 is 0. The maximum absolute atomic E-state index is 12.1. The molecule has 5 nitrogen and oxygen atoms in total. The minimum atomic E-state index is 0.00357. The van der Waals surface area contributed by atoms with Crippen molar-refractivity contribution in [2.45, 2.75) is 25.8 Å². The third-order valence-corrected chi connectivity index (χ3v) is 2.94. The van der Waals surface area contributed by atoms with Crippen molar-refractivity contribution in [1.29, 1.82) is 0 Å². The molecule has 0 aliphatic heterocycles. The summed E-state index contributed by atoms with van der Waals surface area (Å²) in [5.74, 6) is 1.32. The van der Waals surface area contributed by atoms with Crippen molar-refractivity contribution in [3.8, 4) is 11.5 Å². The molecule has 106 valence electrons. The predicted octanol–water partition coefficient (Wildman–Crippen LogP) is 1.79. The SMILES string of the molecule is COc1ccc(OC)c(N(C)C(=O)CCC(C)N)c1. The number of carbonyl (C=O) groups is 1. The lowest BCUT2D eigenvalue weighted by atomic mass is 10.1. The van der Waals surface area contributed by atoms with Gasteiger partial charge in [-0.3, -0.25) is 4.79 Å². The molecule has 19 heavy (non-hydrogen) atoms. The maximum Gasteiger partial charge on any atom is 0.226 e. The van der Waals surface area contributed by atoms with Crippen molar-refractivity contribution in [1.82, 2.24) is 0 Å². The van der Waals surface area contributed by atoms with Gasteiger partial charge in [-0.1, -0.05) is 0 Å². The molecule has 0 aliphatic rings. The van der Waals surface area contributed by atoms with Crippen LogP contribution in [0.2, 0.25) is 0 Å². The van der Waals surface area contributed by atoms with Gasteiger partial charge in [-0.25, -0.2) is 0 Å². The molecule has 0 aromatic heterocycles. The first-order chi connectivity index (χ1) is 8.99. The maximum atomic E-state index is 12.1. The van der Waals surface area contributed by atoms with Crippen LogP contribution in [0.4, 0.5) is 5.69 Å². The van der Waals surface area contributed by atoms with Crippen molar-refractivity contribution < 1.29 is 14.3 Å². The van der Waals surface area contributed by atoms with Gasteiger partial charge in [0.25, 0.3) is 0 Å². The summed E-state index contributed by atoms with van der Waals surface area (Å²) in [7, 11) is 4.88. The van der Waals surface area contributed by atoms with Crippen molar-refractivity contribution >= 4 is 11.6 Å². The number of anilines is 1. The number of hydrogen-bond donors (Lipinski definition) is 1. The molecular weight excluding hydrogens is 244 g/mol. The Hall–Kier alpha value is -1.75. The monoisotopic (exact) mass is 266 g/mol. The molecule has 1 aromatic rings. The molecule has 0 heterocycles. The van der Waals surface area contributed by atoms with Gasteiger partial charge in [0.05, 0.1) is 19.9 Å². The normalized spacial score (nSPS) is 11.8. The number of amides is 1. The van der Waals surface area contributed by atoms with Gasteiger partial charge >= 0.3 is 0 Å². The van der Waals surface area contributed by atoms with E-state index in [1.807, 2.05) is 6.92 Å². The number of carbonyl (C=O) groups excluding carboxylic acids is 1. The second kappa shape index (κ2) is 6.99. The van der Waals surface area contributed by atoms with E-state index < -0.39 is 0 Å². The van der Waals surface area contributed by atoms with E-state index >= 15 is 0 Å². The molecule has 0 saturated heterocycles. The quantitative estimate of drug-likeness (QED) is 0.852. The van der Waals surface area contributed by atoms with E-state index in [2.05, 4.69) is 0 Å². The molecule has 1 aromatic carbocycles. The molecule has 0 saturated carbocycles. The largest absolute Gasteiger partial charge is 0.497 e. The number of rotatable bonds is 6. The van der Waals surface area contributed by atoms with Crippen molar-refractivity contribution in [2.75, 3.05) is 26.2 Å². The Kier molecular flexibility index (Phi) is 5.63. The molecule has 0 bridgehead atoms. The lowest BCUT2D eigenvalue weighted by molar-refractivity contribution is -0.118. The fourth-order valence-electron chi connectivity index (χ4n) is 1.71. The molecule has 1 unspecified atom stereocenters. The van der Waals surface area contributed by atoms with Gasteiger partial charge < -0.3 is 20.1 Å². The minimum Gasteiger partial charge on any atom is -0.497 e. The lowest BCUT2D eigenvalue weighted by Gasteiger charge is -2.21. The van der Waals surface area contributed by atoms with Gasteiger partial charge in [0, 0.05) is 25.6 Å². The van der Waals surface area contributed by atoms with E-state index in [0.717, 1.165) is 0 Å². The Balaban J connectivity index is 2.90. The zero-order valence-corrected chi connectivity index (χ0v) is 12.0. The van der Waals surface area contributed by atoms with Crippen LogP contribution in [0.5, 0.6) is 11.5 Å². The molecule has 1 rings (SSSR count). The summed E-state index contributed by atoms with van der Waals surface area (Å²) < 4.78 is 10.4. The third kappa shape index (κ3) is 4.13. The van der Waals surface area contributed by atoms with Gasteiger partial charge in [-0.05, 0) is 25.5 Å². The standard InChI is InChI=1S/C14H22N2O3/c1-10(15)5-8-14(17)16(2)12-9-11(18-3)6-7-13(12)19-4/h6-7,9-10H,5,8,15H2,1-4H3. The van der Waals surface area contributed by atoms with Crippen LogP contribution in [0.15, 0.2) is 18.2 Å². The van der Waals surface area contributed by atoms with E-state index in [1.54, 1.807) is 44.4 Å². The van der Waals surface area contributed by atoms with Crippen LogP contribution in [0, 0.1) is 0 Å². The first-order valence-electron chi connectivity index (χ1n) is 6.23. The van der Waals surface area contributed by atoms with Gasteiger partial charge in [0.2, 0.25) is 5.91 Å². The second-order valence-corrected chi connectivity index (χ2v) is 4.51. The number of nitrogens with zero attached hydrogens (tertiary/aromatic N) is 1. The van der Waals surface area contributed by atoms with E-state index in [1.165, 1.54) is 0 Å². The van der Waals surface area contributed by atoms with Gasteiger partial charge in [0.15, 0.2) is 0 Å². The number of methoxy groups -OCH3 is 2. The summed E-state index contributed by atoms with van der Waals surface area (Å²) in [6, 6.07) is 5.37. The lowest BCUT2D eigenvalue weighted by Crippen LogP contribution is -2.28. The highest BCUT2D eigenvalue weighted by Gasteiger charge is 2.16. The van der Waals surface area contributed by atoms with Crippen molar-refractivity contribution in [3.05, 3.63) is 18.2 Å². The average molecular weight is 266 g/mol. The van der Waals surface area contributed by atoms with Crippen LogP contribution < -0.4 is 20.1 Å². The molecule has 0 spiro atoms. The van der Waals surface area contributed by atoms with Crippen LogP contribution in [0.1, 0.15) is 19.8 Å². The van der Waals surface area contributed by atoms with Crippen molar-refractivity contribution in [2.24, 2.45) is 5.73 Å². The Labute approximate surface area is 114 Å². The fourth-order valence-corrected chi connectivity index (χ4v) is 1.71. The van der Waals surface area contributed by atoms with Crippen LogP contribution in [-0.4, -0.2) is 33.2 Å². The first-order valence-corrected chi connectivity index (χ1v) is 6.23. The van der Waals surface area contributed by atoms with Crippen LogP contribution in [-0.2, 0) is 4.79 Å². The smallest absolute Gasteiger partial charge is 0.226 e. The Morgan fingerprint density at radius 3 is 2.58 bits per heavy atom. The number of ether oxygens (including phenoxy) is 2. The predicted molar refractivity (Wildman–Crippen MR) is 75.8 cm³/mol. The van der Waals surface area contributed by atoms with E-state index in [9.17, 15) is 4.79 Å². The number of nitrogens with two attached hydrogens (primary N) is 1. The summed E-state index contributed by atoms with van der Waals surface area (Å²) in [6.45, 7) is 1.89. The van der Waals surface area contributed by atoms with Crippen molar-refractivity contribution in [3.63, 3.8) is 0 Å². The van der Waals surface area contributed by atoms with Gasteiger partial charge in [-0.2, -0.15) is 0 Å². The first kappa shape index (κ1) is 15.3. The molecule has 1 atom stereocenters. The van der Waals surface area contributed by atoms with Crippen LogP contribution in [0.25, 0.3) is 0 Å². The molecular formula is C14H22N2O3. The topological polar surface area (TPSA) is 64.8 Å². The molecule has 1 amide bonds. The highest BCUT2D eigenvalue weighted by atomic mass is 16.5. The summed E-state index contributed by atoms with van der Waals surface area (Å²) in [5.41, 5.74) is 6.36. The number of hydrogen-bond acceptors (Lipinski definition) is 4. The Bertz CT molecular complexity index is 433. The fraction of sp³-hybridized carbons (Fsp3) is 0.500. The van der Waals surface area contributed by atoms with Crippen LogP contribution in [0.3, 0.4) is 0 Å². The minimum absolute atomic E-state index is 0.00357. The van der Waals surface area contributed by atoms with Gasteiger partial charge in [0.1, 0.15) is 11.5 Å². The molecule has 5 heteroatoms. The second-order valence-electron chi connectivity index (χ2n) is 4.51. The number of benzene rings is 1. The van der Waals surface area contributed by atoms with Crippen LogP contribution >= 0.6 is 0 Å². The summed E-state index contributed by atoms with van der Waals surface area (Å²) in [4.78, 5) is 13.7. The highest BCUT2D eigenvalue weighted by molar-refractivity contribution is 5.94. The summed E-state index contributed by atoms with van der Waals surface area (Å²) in [6.07, 6.45) is 1.07. The molecule has 0 aliphatic carbocycles. The summed E-state index contributed by atoms with van der Waals surface area (Å²) in [5, 5.41) is 0. The van der Waals surface area contributed by atoms with E-state index in [-0.39, 0.29) is 11.9 Å². The van der Waals surface area contributed by atoms with E-state index in [4.69, 9.17) is 15.2 Å². The average Bonchev–Trinajstić information content (AvgIpc) is 2.42. The Morgan fingerprint density at radius 1 is 1.37 bits per heavy atom. The highest BCUT2D eigenvalue weighted by Crippen LogP contribution is 2.31. The third-order valence-electron chi connectivity index (χ3n) is 2.94. The molecule has 2 N–H and O–H groups in total. The van der Waals surface area contributed by atoms with E-state index in [0.29, 0.717) is 30.0 Å². The molecule has 0 radical (unpaired) electrons. The van der Waals surface area contributed by atoms with Gasteiger partial charge in [-0.15, -0.1) is 0 Å². The Morgan fingerprint density at radius 2 is 2.05 bits per heavy atom. The zero-order valence-electron chi connectivity index (χ0n) is 12.0. The zero-order chi connectivity index (χ0) is 14.4. The molecule has 0 fully saturated rings.